The Morgan fingerprint density at radius 1 is 0.892 bits per heavy atom. The van der Waals surface area contributed by atoms with Crippen molar-refractivity contribution >= 4 is 17.2 Å². The van der Waals surface area contributed by atoms with Gasteiger partial charge < -0.3 is 0 Å². The van der Waals surface area contributed by atoms with Gasteiger partial charge in [0.25, 0.3) is 5.56 Å². The van der Waals surface area contributed by atoms with E-state index in [-0.39, 0.29) is 23.3 Å². The fourth-order valence-corrected chi connectivity index (χ4v) is 4.16. The number of benzene rings is 2. The van der Waals surface area contributed by atoms with Crippen LogP contribution in [0.2, 0.25) is 5.02 Å². The summed E-state index contributed by atoms with van der Waals surface area (Å²) in [6.07, 6.45) is -3.59. The first-order valence-electron chi connectivity index (χ1n) is 10.8. The molecular formula is C25H16ClF4N5O2. The predicted octanol–water partition coefficient (Wildman–Crippen LogP) is 4.78. The highest BCUT2D eigenvalue weighted by molar-refractivity contribution is 6.30. The molecule has 188 valence electrons. The number of hydrogen-bond donors (Lipinski definition) is 0. The standard InChI is InChI=1S/C25H16ClF4N5O2/c1-33-23(36)21(16-3-7-17(26)8-4-16)20(15-5-9-18(27)10-6-15)22-32-34(24(37)35(22)33)13-14-2-11-19(31-12-14)25(28,29)30/h2-12H,13H2,1H3. The molecule has 0 atom stereocenters. The van der Waals surface area contributed by atoms with Gasteiger partial charge in [-0.1, -0.05) is 41.9 Å². The van der Waals surface area contributed by atoms with Crippen molar-refractivity contribution in [2.45, 2.75) is 12.7 Å². The van der Waals surface area contributed by atoms with E-state index in [4.69, 9.17) is 11.6 Å². The Hall–Kier alpha value is -4.25. The lowest BCUT2D eigenvalue weighted by atomic mass is 9.96. The van der Waals surface area contributed by atoms with E-state index in [0.717, 1.165) is 26.1 Å². The van der Waals surface area contributed by atoms with Crippen LogP contribution in [0, 0.1) is 5.82 Å². The molecule has 3 heterocycles. The molecule has 7 nitrogen and oxygen atoms in total. The number of rotatable bonds is 4. The van der Waals surface area contributed by atoms with E-state index in [1.165, 1.54) is 37.4 Å². The van der Waals surface area contributed by atoms with Crippen molar-refractivity contribution in [2.75, 3.05) is 0 Å². The number of pyridine rings is 1. The van der Waals surface area contributed by atoms with Gasteiger partial charge in [-0.05, 0) is 47.0 Å². The van der Waals surface area contributed by atoms with Crippen LogP contribution >= 0.6 is 11.6 Å². The number of halogens is 5. The molecule has 0 spiro atoms. The maximum absolute atomic E-state index is 13.7. The molecule has 5 aromatic rings. The van der Waals surface area contributed by atoms with E-state index in [1.807, 2.05) is 0 Å². The van der Waals surface area contributed by atoms with E-state index < -0.39 is 28.9 Å². The lowest BCUT2D eigenvalue weighted by Gasteiger charge is -2.13. The average molecular weight is 530 g/mol. The molecule has 0 aliphatic carbocycles. The van der Waals surface area contributed by atoms with Crippen LogP contribution in [-0.4, -0.2) is 24.0 Å². The van der Waals surface area contributed by atoms with Crippen LogP contribution in [0.3, 0.4) is 0 Å². The first-order valence-corrected chi connectivity index (χ1v) is 11.2. The van der Waals surface area contributed by atoms with Gasteiger partial charge in [0.1, 0.15) is 11.5 Å². The molecular weight excluding hydrogens is 514 g/mol. The van der Waals surface area contributed by atoms with Crippen LogP contribution in [0.15, 0.2) is 76.4 Å². The van der Waals surface area contributed by atoms with Crippen molar-refractivity contribution in [1.82, 2.24) is 24.0 Å². The zero-order valence-electron chi connectivity index (χ0n) is 19.0. The number of alkyl halides is 3. The number of fused-ring (bicyclic) bond motifs is 1. The Morgan fingerprint density at radius 3 is 2.11 bits per heavy atom. The van der Waals surface area contributed by atoms with Gasteiger partial charge in [0.2, 0.25) is 0 Å². The highest BCUT2D eigenvalue weighted by Gasteiger charge is 2.32. The van der Waals surface area contributed by atoms with Gasteiger partial charge in [0.15, 0.2) is 5.65 Å². The summed E-state index contributed by atoms with van der Waals surface area (Å²) < 4.78 is 55.5. The number of aryl methyl sites for hydroxylation is 1. The van der Waals surface area contributed by atoms with Crippen molar-refractivity contribution < 1.29 is 17.6 Å². The Balaban J connectivity index is 1.75. The molecule has 0 radical (unpaired) electrons. The van der Waals surface area contributed by atoms with Gasteiger partial charge in [-0.25, -0.2) is 18.5 Å². The zero-order chi connectivity index (χ0) is 26.5. The fraction of sp³-hybridized carbons (Fsp3) is 0.120. The van der Waals surface area contributed by atoms with Gasteiger partial charge in [0.05, 0.1) is 12.1 Å². The molecule has 2 aromatic carbocycles. The molecule has 0 aliphatic heterocycles. The van der Waals surface area contributed by atoms with Gasteiger partial charge in [-0.3, -0.25) is 9.78 Å². The van der Waals surface area contributed by atoms with Crippen LogP contribution in [0.25, 0.3) is 27.9 Å². The van der Waals surface area contributed by atoms with Gasteiger partial charge in [-0.15, -0.1) is 5.10 Å². The third-order valence-corrected chi connectivity index (χ3v) is 6.06. The summed E-state index contributed by atoms with van der Waals surface area (Å²) in [7, 11) is 1.40. The topological polar surface area (TPSA) is 74.2 Å². The SMILES string of the molecule is Cn1c(=O)c(-c2ccc(Cl)cc2)c(-c2ccc(F)cc2)c2nn(Cc3ccc(C(F)(F)F)nc3)c(=O)n21. The summed E-state index contributed by atoms with van der Waals surface area (Å²) in [5.74, 6) is -0.491. The summed E-state index contributed by atoms with van der Waals surface area (Å²) in [6, 6.07) is 13.9. The predicted molar refractivity (Wildman–Crippen MR) is 129 cm³/mol. The average Bonchev–Trinajstić information content (AvgIpc) is 3.18. The minimum atomic E-state index is -4.60. The zero-order valence-corrected chi connectivity index (χ0v) is 19.8. The first-order chi connectivity index (χ1) is 17.5. The normalized spacial score (nSPS) is 11.8. The van der Waals surface area contributed by atoms with Crippen molar-refractivity contribution in [3.05, 3.63) is 110 Å². The summed E-state index contributed by atoms with van der Waals surface area (Å²) in [4.78, 5) is 30.2. The smallest absolute Gasteiger partial charge is 0.267 e. The monoisotopic (exact) mass is 529 g/mol. The molecule has 0 unspecified atom stereocenters. The second kappa shape index (κ2) is 9.00. The van der Waals surface area contributed by atoms with Gasteiger partial charge >= 0.3 is 11.9 Å². The fourth-order valence-electron chi connectivity index (χ4n) is 4.03. The van der Waals surface area contributed by atoms with Crippen molar-refractivity contribution in [3.8, 4) is 22.3 Å². The number of nitrogens with zero attached hydrogens (tertiary/aromatic N) is 5. The number of hydrogen-bond acceptors (Lipinski definition) is 4. The quantitative estimate of drug-likeness (QED) is 0.314. The lowest BCUT2D eigenvalue weighted by molar-refractivity contribution is -0.141. The van der Waals surface area contributed by atoms with E-state index in [9.17, 15) is 27.2 Å². The molecule has 5 rings (SSSR count). The minimum absolute atomic E-state index is 0.100. The number of aromatic nitrogens is 5. The molecule has 0 aliphatic rings. The van der Waals surface area contributed by atoms with E-state index >= 15 is 0 Å². The van der Waals surface area contributed by atoms with E-state index in [2.05, 4.69) is 10.1 Å². The lowest BCUT2D eigenvalue weighted by Crippen LogP contribution is -2.33. The highest BCUT2D eigenvalue weighted by atomic mass is 35.5. The maximum Gasteiger partial charge on any atom is 0.433 e. The van der Waals surface area contributed by atoms with Crippen molar-refractivity contribution in [2.24, 2.45) is 7.05 Å². The van der Waals surface area contributed by atoms with Crippen LogP contribution in [-0.2, 0) is 19.8 Å². The Kier molecular flexibility index (Phi) is 5.95. The summed E-state index contributed by atoms with van der Waals surface area (Å²) >= 11 is 6.02. The van der Waals surface area contributed by atoms with Crippen LogP contribution in [0.4, 0.5) is 17.6 Å². The largest absolute Gasteiger partial charge is 0.433 e. The van der Waals surface area contributed by atoms with E-state index in [0.29, 0.717) is 21.7 Å². The van der Waals surface area contributed by atoms with Gasteiger partial charge in [-0.2, -0.15) is 17.7 Å². The van der Waals surface area contributed by atoms with Crippen LogP contribution in [0.5, 0.6) is 0 Å². The molecule has 0 saturated heterocycles. The summed E-state index contributed by atoms with van der Waals surface area (Å²) in [5.41, 5.74) is -0.449. The second-order valence-electron chi connectivity index (χ2n) is 8.22. The highest BCUT2D eigenvalue weighted by Crippen LogP contribution is 2.33. The Labute approximate surface area is 210 Å². The van der Waals surface area contributed by atoms with Gasteiger partial charge in [0, 0.05) is 23.8 Å². The van der Waals surface area contributed by atoms with E-state index in [1.54, 1.807) is 24.3 Å². The Morgan fingerprint density at radius 2 is 1.51 bits per heavy atom. The third-order valence-electron chi connectivity index (χ3n) is 5.81. The van der Waals surface area contributed by atoms with Crippen LogP contribution in [0.1, 0.15) is 11.3 Å². The third kappa shape index (κ3) is 4.42. The molecule has 3 aromatic heterocycles. The molecule has 0 N–H and O–H groups in total. The van der Waals surface area contributed by atoms with Crippen molar-refractivity contribution in [1.29, 1.82) is 0 Å². The molecule has 0 amide bonds. The molecule has 0 bridgehead atoms. The molecule has 37 heavy (non-hydrogen) atoms. The summed E-state index contributed by atoms with van der Waals surface area (Å²) in [6.45, 7) is -0.195. The van der Waals surface area contributed by atoms with Crippen molar-refractivity contribution in [3.63, 3.8) is 0 Å². The second-order valence-corrected chi connectivity index (χ2v) is 8.65. The Bertz CT molecular complexity index is 1740. The molecule has 0 fully saturated rings. The minimum Gasteiger partial charge on any atom is -0.267 e. The summed E-state index contributed by atoms with van der Waals surface area (Å²) in [5, 5.41) is 4.88. The molecule has 0 saturated carbocycles. The van der Waals surface area contributed by atoms with Crippen LogP contribution < -0.4 is 11.2 Å². The maximum atomic E-state index is 13.7. The molecule has 12 heteroatoms. The first kappa shape index (κ1) is 24.4.